The van der Waals surface area contributed by atoms with Gasteiger partial charge in [0.25, 0.3) is 0 Å². The number of carbonyl (C=O) groups is 1. The van der Waals surface area contributed by atoms with Crippen LogP contribution < -0.4 is 0 Å². The maximum Gasteiger partial charge on any atom is 0.341 e. The molecule has 0 radical (unpaired) electrons. The van der Waals surface area contributed by atoms with Gasteiger partial charge in [0.05, 0.1) is 25.4 Å². The Kier molecular flexibility index (Phi) is 4.24. The van der Waals surface area contributed by atoms with Gasteiger partial charge < -0.3 is 13.6 Å². The second kappa shape index (κ2) is 6.48. The summed E-state index contributed by atoms with van der Waals surface area (Å²) in [6.45, 7) is 0.435. The van der Waals surface area contributed by atoms with Gasteiger partial charge in [-0.05, 0) is 28.6 Å². The third kappa shape index (κ3) is 3.03. The number of aromatic nitrogens is 4. The Labute approximate surface area is 129 Å². The first-order valence-corrected chi connectivity index (χ1v) is 7.32. The zero-order valence-electron chi connectivity index (χ0n) is 11.6. The van der Waals surface area contributed by atoms with Crippen molar-refractivity contribution < 1.29 is 18.4 Å². The summed E-state index contributed by atoms with van der Waals surface area (Å²) in [5, 5.41) is 12.1. The number of methoxy groups -OCH3 is 1. The van der Waals surface area contributed by atoms with Crippen LogP contribution in [0.1, 0.15) is 21.9 Å². The summed E-state index contributed by atoms with van der Waals surface area (Å²) < 4.78 is 16.9. The largest absolute Gasteiger partial charge is 0.468 e. The number of carbonyl (C=O) groups excluding carboxylic acids is 1. The highest BCUT2D eigenvalue weighted by atomic mass is 32.2. The first kappa shape index (κ1) is 14.4. The first-order chi connectivity index (χ1) is 10.8. The molecule has 3 heterocycles. The van der Waals surface area contributed by atoms with Crippen LogP contribution in [0.5, 0.6) is 0 Å². The molecule has 0 spiro atoms. The van der Waals surface area contributed by atoms with E-state index in [0.29, 0.717) is 28.8 Å². The molecule has 3 aromatic rings. The highest BCUT2D eigenvalue weighted by Crippen LogP contribution is 2.24. The lowest BCUT2D eigenvalue weighted by Crippen LogP contribution is -2.04. The lowest BCUT2D eigenvalue weighted by atomic mass is 10.3. The van der Waals surface area contributed by atoms with Crippen LogP contribution in [-0.4, -0.2) is 33.3 Å². The standard InChI is InChI=1S/C13H12N4O4S/c1-19-12(18)10-4-6-21-11(10)8-22-13-14-15-16-17(13)7-9-3-2-5-20-9/h2-6H,7-8H2,1H3. The predicted molar refractivity (Wildman–Crippen MR) is 75.2 cm³/mol. The van der Waals surface area contributed by atoms with Gasteiger partial charge >= 0.3 is 5.97 Å². The molecule has 0 N–H and O–H groups in total. The summed E-state index contributed by atoms with van der Waals surface area (Å²) in [6, 6.07) is 5.23. The van der Waals surface area contributed by atoms with Crippen molar-refractivity contribution in [2.45, 2.75) is 17.5 Å². The van der Waals surface area contributed by atoms with E-state index < -0.39 is 5.97 Å². The molecule has 9 heteroatoms. The zero-order chi connectivity index (χ0) is 15.4. The molecule has 22 heavy (non-hydrogen) atoms. The Balaban J connectivity index is 1.69. The monoisotopic (exact) mass is 320 g/mol. The van der Waals surface area contributed by atoms with E-state index in [1.807, 2.05) is 6.07 Å². The minimum Gasteiger partial charge on any atom is -0.468 e. The number of tetrazole rings is 1. The van der Waals surface area contributed by atoms with Gasteiger partial charge in [-0.2, -0.15) is 0 Å². The van der Waals surface area contributed by atoms with Crippen LogP contribution in [0, 0.1) is 0 Å². The van der Waals surface area contributed by atoms with E-state index in [1.54, 1.807) is 23.1 Å². The van der Waals surface area contributed by atoms with Crippen LogP contribution in [0.25, 0.3) is 0 Å². The minimum absolute atomic E-state index is 0.403. The average Bonchev–Trinajstić information content (AvgIpc) is 3.26. The van der Waals surface area contributed by atoms with Crippen molar-refractivity contribution in [3.63, 3.8) is 0 Å². The highest BCUT2D eigenvalue weighted by molar-refractivity contribution is 7.98. The van der Waals surface area contributed by atoms with E-state index >= 15 is 0 Å². The molecule has 0 bridgehead atoms. The Morgan fingerprint density at radius 3 is 3.05 bits per heavy atom. The summed E-state index contributed by atoms with van der Waals surface area (Å²) in [7, 11) is 1.33. The van der Waals surface area contributed by atoms with Crippen molar-refractivity contribution in [3.8, 4) is 0 Å². The molecule has 0 aromatic carbocycles. The normalized spacial score (nSPS) is 10.8. The quantitative estimate of drug-likeness (QED) is 0.502. The molecule has 0 saturated carbocycles. The van der Waals surface area contributed by atoms with Crippen molar-refractivity contribution in [2.75, 3.05) is 7.11 Å². The molecule has 0 amide bonds. The maximum absolute atomic E-state index is 11.6. The number of esters is 1. The molecule has 0 aliphatic carbocycles. The maximum atomic E-state index is 11.6. The van der Waals surface area contributed by atoms with Gasteiger partial charge in [0.1, 0.15) is 23.6 Å². The molecule has 114 valence electrons. The molecular formula is C13H12N4O4S. The predicted octanol–water partition coefficient (Wildman–Crippen LogP) is 1.99. The van der Waals surface area contributed by atoms with Gasteiger partial charge in [-0.3, -0.25) is 0 Å². The van der Waals surface area contributed by atoms with Crippen LogP contribution in [0.15, 0.2) is 44.7 Å². The van der Waals surface area contributed by atoms with Gasteiger partial charge in [-0.1, -0.05) is 11.8 Å². The van der Waals surface area contributed by atoms with E-state index in [-0.39, 0.29) is 0 Å². The third-order valence-electron chi connectivity index (χ3n) is 2.87. The van der Waals surface area contributed by atoms with Crippen LogP contribution in [-0.2, 0) is 17.0 Å². The van der Waals surface area contributed by atoms with Gasteiger partial charge in [-0.25, -0.2) is 9.48 Å². The van der Waals surface area contributed by atoms with Gasteiger partial charge in [0.15, 0.2) is 0 Å². The molecule has 0 aliphatic heterocycles. The number of rotatable bonds is 6. The fourth-order valence-electron chi connectivity index (χ4n) is 1.82. The topological polar surface area (TPSA) is 96.2 Å². The van der Waals surface area contributed by atoms with Crippen molar-refractivity contribution in [2.24, 2.45) is 0 Å². The summed E-state index contributed by atoms with van der Waals surface area (Å²) in [4.78, 5) is 11.6. The van der Waals surface area contributed by atoms with Crippen LogP contribution in [0.3, 0.4) is 0 Å². The van der Waals surface area contributed by atoms with Crippen molar-refractivity contribution in [1.82, 2.24) is 20.2 Å². The fraction of sp³-hybridized carbons (Fsp3) is 0.231. The van der Waals surface area contributed by atoms with Gasteiger partial charge in [0, 0.05) is 0 Å². The molecule has 8 nitrogen and oxygen atoms in total. The molecule has 0 saturated heterocycles. The third-order valence-corrected chi connectivity index (χ3v) is 3.82. The molecule has 0 unspecified atom stereocenters. The summed E-state index contributed by atoms with van der Waals surface area (Å²) in [6.07, 6.45) is 3.05. The summed E-state index contributed by atoms with van der Waals surface area (Å²) >= 11 is 1.36. The van der Waals surface area contributed by atoms with E-state index in [2.05, 4.69) is 15.5 Å². The number of hydrogen-bond donors (Lipinski definition) is 0. The van der Waals surface area contributed by atoms with Crippen LogP contribution in [0.2, 0.25) is 0 Å². The van der Waals surface area contributed by atoms with Gasteiger partial charge in [0.2, 0.25) is 5.16 Å². The summed E-state index contributed by atoms with van der Waals surface area (Å²) in [5.41, 5.74) is 0.403. The second-order valence-electron chi connectivity index (χ2n) is 4.24. The lowest BCUT2D eigenvalue weighted by molar-refractivity contribution is 0.0598. The highest BCUT2D eigenvalue weighted by Gasteiger charge is 2.17. The van der Waals surface area contributed by atoms with E-state index in [9.17, 15) is 4.79 Å². The average molecular weight is 320 g/mol. The molecule has 3 aromatic heterocycles. The Hall–Kier alpha value is -2.55. The van der Waals surface area contributed by atoms with Crippen LogP contribution >= 0.6 is 11.8 Å². The Bertz CT molecular complexity index is 750. The molecule has 0 aliphatic rings. The number of thioether (sulfide) groups is 1. The molecule has 0 atom stereocenters. The van der Waals surface area contributed by atoms with E-state index in [4.69, 9.17) is 13.6 Å². The number of furan rings is 2. The first-order valence-electron chi connectivity index (χ1n) is 6.34. The van der Waals surface area contributed by atoms with Gasteiger partial charge in [-0.15, -0.1) is 5.10 Å². The molecule has 3 rings (SSSR count). The second-order valence-corrected chi connectivity index (χ2v) is 5.18. The Morgan fingerprint density at radius 2 is 2.27 bits per heavy atom. The van der Waals surface area contributed by atoms with E-state index in [1.165, 1.54) is 25.1 Å². The number of hydrogen-bond acceptors (Lipinski definition) is 8. The fourth-order valence-corrected chi connectivity index (χ4v) is 2.65. The molecular weight excluding hydrogens is 308 g/mol. The Morgan fingerprint density at radius 1 is 1.36 bits per heavy atom. The smallest absolute Gasteiger partial charge is 0.341 e. The van der Waals surface area contributed by atoms with Crippen LogP contribution in [0.4, 0.5) is 0 Å². The SMILES string of the molecule is COC(=O)c1ccoc1CSc1nnnn1Cc1ccco1. The number of ether oxygens (including phenoxy) is 1. The lowest BCUT2D eigenvalue weighted by Gasteiger charge is -2.02. The molecule has 0 fully saturated rings. The van der Waals surface area contributed by atoms with E-state index in [0.717, 1.165) is 5.76 Å². The minimum atomic E-state index is -0.431. The van der Waals surface area contributed by atoms with Crippen molar-refractivity contribution in [1.29, 1.82) is 0 Å². The van der Waals surface area contributed by atoms with Crippen molar-refractivity contribution >= 4 is 17.7 Å². The zero-order valence-corrected chi connectivity index (χ0v) is 12.4. The summed E-state index contributed by atoms with van der Waals surface area (Å²) in [5.74, 6) is 1.25. The van der Waals surface area contributed by atoms with Crippen molar-refractivity contribution in [3.05, 3.63) is 47.8 Å². The number of nitrogens with zero attached hydrogens (tertiary/aromatic N) is 4.